The third-order valence-corrected chi connectivity index (χ3v) is 4.25. The van der Waals surface area contributed by atoms with Crippen molar-refractivity contribution < 1.29 is 4.79 Å². The van der Waals surface area contributed by atoms with Gasteiger partial charge in [-0.15, -0.1) is 0 Å². The lowest BCUT2D eigenvalue weighted by Gasteiger charge is -2.34. The maximum absolute atomic E-state index is 12.2. The second kappa shape index (κ2) is 6.71. The summed E-state index contributed by atoms with van der Waals surface area (Å²) in [6, 6.07) is 0.905. The molecule has 0 bridgehead atoms. The molecule has 0 aromatic rings. The molecule has 19 heavy (non-hydrogen) atoms. The Labute approximate surface area is 117 Å². The lowest BCUT2D eigenvalue weighted by atomic mass is 9.96. The highest BCUT2D eigenvalue weighted by Crippen LogP contribution is 2.30. The second-order valence-electron chi connectivity index (χ2n) is 6.46. The molecule has 1 saturated heterocycles. The van der Waals surface area contributed by atoms with E-state index in [0.29, 0.717) is 6.04 Å². The number of nitrogens with zero attached hydrogens (tertiary/aromatic N) is 1. The Balaban J connectivity index is 1.89. The standard InChI is InChI=1S/C15H29N3O/c1-11(2)17-15(19)12(3)18(14-4-5-14)10-13-6-8-16-9-7-13/h11-14,16H,4-10H2,1-3H3,(H,17,19). The Morgan fingerprint density at radius 1 is 1.21 bits per heavy atom. The summed E-state index contributed by atoms with van der Waals surface area (Å²) in [5.41, 5.74) is 0. The number of carbonyl (C=O) groups excluding carboxylic acids is 1. The molecular formula is C15H29N3O. The topological polar surface area (TPSA) is 44.4 Å². The molecule has 1 aliphatic carbocycles. The Bertz CT molecular complexity index is 296. The molecule has 0 aromatic carbocycles. The van der Waals surface area contributed by atoms with E-state index in [1.165, 1.54) is 25.7 Å². The molecule has 1 aliphatic heterocycles. The van der Waals surface area contributed by atoms with E-state index in [2.05, 4.69) is 22.5 Å². The van der Waals surface area contributed by atoms with Gasteiger partial charge in [-0.1, -0.05) is 0 Å². The minimum atomic E-state index is 0.0183. The van der Waals surface area contributed by atoms with Crippen LogP contribution in [0.1, 0.15) is 46.5 Å². The van der Waals surface area contributed by atoms with Gasteiger partial charge in [0.1, 0.15) is 0 Å². The predicted octanol–water partition coefficient (Wildman–Crippen LogP) is 1.36. The molecule has 1 unspecified atom stereocenters. The lowest BCUT2D eigenvalue weighted by molar-refractivity contribution is -0.126. The Morgan fingerprint density at radius 3 is 2.37 bits per heavy atom. The van der Waals surface area contributed by atoms with Crippen molar-refractivity contribution in [2.24, 2.45) is 5.92 Å². The Morgan fingerprint density at radius 2 is 1.84 bits per heavy atom. The van der Waals surface area contributed by atoms with Crippen molar-refractivity contribution in [1.29, 1.82) is 0 Å². The van der Waals surface area contributed by atoms with Crippen LogP contribution in [-0.4, -0.2) is 48.6 Å². The van der Waals surface area contributed by atoms with Crippen LogP contribution in [-0.2, 0) is 4.79 Å². The van der Waals surface area contributed by atoms with Crippen LogP contribution in [0.4, 0.5) is 0 Å². The van der Waals surface area contributed by atoms with Gasteiger partial charge >= 0.3 is 0 Å². The summed E-state index contributed by atoms with van der Waals surface area (Å²) in [6.45, 7) is 9.49. The van der Waals surface area contributed by atoms with Crippen LogP contribution in [0.15, 0.2) is 0 Å². The van der Waals surface area contributed by atoms with E-state index < -0.39 is 0 Å². The summed E-state index contributed by atoms with van der Waals surface area (Å²) in [7, 11) is 0. The molecule has 0 spiro atoms. The number of piperidine rings is 1. The molecule has 4 nitrogen and oxygen atoms in total. The van der Waals surface area contributed by atoms with Gasteiger partial charge < -0.3 is 10.6 Å². The molecule has 1 atom stereocenters. The van der Waals surface area contributed by atoms with Crippen molar-refractivity contribution in [1.82, 2.24) is 15.5 Å². The number of hydrogen-bond acceptors (Lipinski definition) is 3. The first-order chi connectivity index (χ1) is 9.08. The zero-order chi connectivity index (χ0) is 13.8. The van der Waals surface area contributed by atoms with Crippen molar-refractivity contribution >= 4 is 5.91 Å². The summed E-state index contributed by atoms with van der Waals surface area (Å²) < 4.78 is 0. The van der Waals surface area contributed by atoms with E-state index in [4.69, 9.17) is 0 Å². The fourth-order valence-corrected chi connectivity index (χ4v) is 2.95. The smallest absolute Gasteiger partial charge is 0.237 e. The fourth-order valence-electron chi connectivity index (χ4n) is 2.95. The molecule has 2 N–H and O–H groups in total. The zero-order valence-corrected chi connectivity index (χ0v) is 12.6. The third kappa shape index (κ3) is 4.46. The van der Waals surface area contributed by atoms with Crippen molar-refractivity contribution in [3.63, 3.8) is 0 Å². The first-order valence-electron chi connectivity index (χ1n) is 7.84. The zero-order valence-electron chi connectivity index (χ0n) is 12.6. The molecule has 2 fully saturated rings. The number of amides is 1. The molecule has 2 rings (SSSR count). The van der Waals surface area contributed by atoms with Crippen LogP contribution in [0.2, 0.25) is 0 Å². The maximum atomic E-state index is 12.2. The minimum absolute atomic E-state index is 0.0183. The van der Waals surface area contributed by atoms with Crippen LogP contribution in [0.5, 0.6) is 0 Å². The highest BCUT2D eigenvalue weighted by molar-refractivity contribution is 5.81. The summed E-state index contributed by atoms with van der Waals surface area (Å²) in [5.74, 6) is 0.951. The van der Waals surface area contributed by atoms with Gasteiger partial charge in [0.05, 0.1) is 6.04 Å². The molecule has 4 heteroatoms. The van der Waals surface area contributed by atoms with Gasteiger partial charge in [0.25, 0.3) is 0 Å². The highest BCUT2D eigenvalue weighted by atomic mass is 16.2. The Hall–Kier alpha value is -0.610. The van der Waals surface area contributed by atoms with E-state index in [9.17, 15) is 4.79 Å². The number of carbonyl (C=O) groups is 1. The summed E-state index contributed by atoms with van der Waals surface area (Å²) in [5, 5.41) is 6.46. The van der Waals surface area contributed by atoms with E-state index in [0.717, 1.165) is 25.6 Å². The lowest BCUT2D eigenvalue weighted by Crippen LogP contribution is -2.50. The van der Waals surface area contributed by atoms with Crippen molar-refractivity contribution in [2.75, 3.05) is 19.6 Å². The van der Waals surface area contributed by atoms with E-state index >= 15 is 0 Å². The average molecular weight is 267 g/mol. The van der Waals surface area contributed by atoms with Gasteiger partial charge in [-0.25, -0.2) is 0 Å². The van der Waals surface area contributed by atoms with Gasteiger partial charge in [-0.3, -0.25) is 9.69 Å². The van der Waals surface area contributed by atoms with Gasteiger partial charge in [-0.05, 0) is 65.5 Å². The second-order valence-corrected chi connectivity index (χ2v) is 6.46. The molecule has 0 radical (unpaired) electrons. The van der Waals surface area contributed by atoms with E-state index in [1.54, 1.807) is 0 Å². The normalized spacial score (nSPS) is 22.8. The van der Waals surface area contributed by atoms with Crippen molar-refractivity contribution in [3.8, 4) is 0 Å². The van der Waals surface area contributed by atoms with Crippen LogP contribution < -0.4 is 10.6 Å². The summed E-state index contributed by atoms with van der Waals surface area (Å²) >= 11 is 0. The molecule has 1 amide bonds. The molecule has 1 saturated carbocycles. The van der Waals surface area contributed by atoms with Crippen LogP contribution in [0.25, 0.3) is 0 Å². The molecule has 1 heterocycles. The molecule has 110 valence electrons. The largest absolute Gasteiger partial charge is 0.353 e. The van der Waals surface area contributed by atoms with Crippen LogP contribution >= 0.6 is 0 Å². The van der Waals surface area contributed by atoms with Gasteiger partial charge in [-0.2, -0.15) is 0 Å². The molecule has 0 aromatic heterocycles. The fraction of sp³-hybridized carbons (Fsp3) is 0.933. The third-order valence-electron chi connectivity index (χ3n) is 4.25. The van der Waals surface area contributed by atoms with E-state index in [1.807, 2.05) is 13.8 Å². The average Bonchev–Trinajstić information content (AvgIpc) is 3.20. The van der Waals surface area contributed by atoms with Crippen LogP contribution in [0.3, 0.4) is 0 Å². The van der Waals surface area contributed by atoms with Gasteiger partial charge in [0.2, 0.25) is 5.91 Å². The molecular weight excluding hydrogens is 238 g/mol. The van der Waals surface area contributed by atoms with Crippen LogP contribution in [0, 0.1) is 5.92 Å². The highest BCUT2D eigenvalue weighted by Gasteiger charge is 2.36. The summed E-state index contributed by atoms with van der Waals surface area (Å²) in [6.07, 6.45) is 5.04. The van der Waals surface area contributed by atoms with Gasteiger partial charge in [0.15, 0.2) is 0 Å². The van der Waals surface area contributed by atoms with Crippen molar-refractivity contribution in [2.45, 2.75) is 64.6 Å². The SMILES string of the molecule is CC(C)NC(=O)C(C)N(CC1CCNCC1)C1CC1. The first kappa shape index (κ1) is 14.8. The number of nitrogens with one attached hydrogen (secondary N) is 2. The monoisotopic (exact) mass is 267 g/mol. The first-order valence-corrected chi connectivity index (χ1v) is 7.84. The number of hydrogen-bond donors (Lipinski definition) is 2. The quantitative estimate of drug-likeness (QED) is 0.764. The minimum Gasteiger partial charge on any atom is -0.353 e. The maximum Gasteiger partial charge on any atom is 0.237 e. The predicted molar refractivity (Wildman–Crippen MR) is 78.1 cm³/mol. The summed E-state index contributed by atoms with van der Waals surface area (Å²) in [4.78, 5) is 14.7. The molecule has 2 aliphatic rings. The van der Waals surface area contributed by atoms with E-state index in [-0.39, 0.29) is 18.0 Å². The number of rotatable bonds is 6. The Kier molecular flexibility index (Phi) is 5.22. The van der Waals surface area contributed by atoms with Crippen molar-refractivity contribution in [3.05, 3.63) is 0 Å². The van der Waals surface area contributed by atoms with Gasteiger partial charge in [0, 0.05) is 18.6 Å².